The number of hydrogen-bond acceptors (Lipinski definition) is 3. The maximum absolute atomic E-state index is 4.64. The van der Waals surface area contributed by atoms with Crippen molar-refractivity contribution in [1.29, 1.82) is 0 Å². The zero-order chi connectivity index (χ0) is 12.2. The van der Waals surface area contributed by atoms with Crippen molar-refractivity contribution in [2.24, 2.45) is 0 Å². The van der Waals surface area contributed by atoms with Crippen molar-refractivity contribution >= 4 is 5.82 Å². The van der Waals surface area contributed by atoms with Gasteiger partial charge in [0.1, 0.15) is 5.82 Å². The van der Waals surface area contributed by atoms with E-state index < -0.39 is 0 Å². The average Bonchev–Trinajstić information content (AvgIpc) is 2.17. The van der Waals surface area contributed by atoms with Crippen molar-refractivity contribution in [3.05, 3.63) is 23.4 Å². The van der Waals surface area contributed by atoms with E-state index in [9.17, 15) is 0 Å². The van der Waals surface area contributed by atoms with Crippen LogP contribution in [0.25, 0.3) is 0 Å². The van der Waals surface area contributed by atoms with Crippen LogP contribution in [-0.2, 0) is 12.0 Å². The zero-order valence-electron chi connectivity index (χ0n) is 11.0. The molecule has 1 heterocycles. The van der Waals surface area contributed by atoms with E-state index in [0.29, 0.717) is 0 Å². The van der Waals surface area contributed by atoms with E-state index in [1.54, 1.807) is 0 Å². The van der Waals surface area contributed by atoms with Crippen LogP contribution >= 0.6 is 0 Å². The van der Waals surface area contributed by atoms with E-state index in [-0.39, 0.29) is 5.41 Å². The Morgan fingerprint density at radius 2 is 1.94 bits per heavy atom. The van der Waals surface area contributed by atoms with Crippen LogP contribution in [0.15, 0.2) is 12.1 Å². The highest BCUT2D eigenvalue weighted by molar-refractivity contribution is 5.41. The predicted molar refractivity (Wildman–Crippen MR) is 69.9 cm³/mol. The molecule has 0 aliphatic heterocycles. The van der Waals surface area contributed by atoms with Gasteiger partial charge in [0.15, 0.2) is 0 Å². The molecule has 0 aromatic carbocycles. The SMILES string of the molecule is CCNc1cc(CNC)cc(C(C)(C)C)n1. The highest BCUT2D eigenvalue weighted by atomic mass is 15.0. The molecular formula is C13H23N3. The number of pyridine rings is 1. The van der Waals surface area contributed by atoms with Gasteiger partial charge in [-0.05, 0) is 31.7 Å². The second-order valence-electron chi connectivity index (χ2n) is 5.06. The number of anilines is 1. The minimum absolute atomic E-state index is 0.0912. The summed E-state index contributed by atoms with van der Waals surface area (Å²) in [6.07, 6.45) is 0. The summed E-state index contributed by atoms with van der Waals surface area (Å²) in [5.74, 6) is 0.972. The van der Waals surface area contributed by atoms with E-state index in [1.165, 1.54) is 5.56 Å². The molecule has 0 amide bonds. The fourth-order valence-electron chi connectivity index (χ4n) is 1.55. The molecule has 0 aliphatic carbocycles. The van der Waals surface area contributed by atoms with E-state index in [0.717, 1.165) is 24.6 Å². The Hall–Kier alpha value is -1.09. The maximum atomic E-state index is 4.64. The van der Waals surface area contributed by atoms with Crippen LogP contribution in [-0.4, -0.2) is 18.6 Å². The fraction of sp³-hybridized carbons (Fsp3) is 0.615. The molecular weight excluding hydrogens is 198 g/mol. The van der Waals surface area contributed by atoms with Gasteiger partial charge in [-0.1, -0.05) is 20.8 Å². The van der Waals surface area contributed by atoms with E-state index >= 15 is 0 Å². The highest BCUT2D eigenvalue weighted by Crippen LogP contribution is 2.23. The lowest BCUT2D eigenvalue weighted by molar-refractivity contribution is 0.568. The lowest BCUT2D eigenvalue weighted by Gasteiger charge is -2.20. The van der Waals surface area contributed by atoms with E-state index in [2.05, 4.69) is 55.4 Å². The van der Waals surface area contributed by atoms with Gasteiger partial charge >= 0.3 is 0 Å². The molecule has 0 aliphatic rings. The third-order valence-electron chi connectivity index (χ3n) is 2.39. The second-order valence-corrected chi connectivity index (χ2v) is 5.06. The maximum Gasteiger partial charge on any atom is 0.126 e. The number of nitrogens with zero attached hydrogens (tertiary/aromatic N) is 1. The lowest BCUT2D eigenvalue weighted by Crippen LogP contribution is -2.16. The third-order valence-corrected chi connectivity index (χ3v) is 2.39. The summed E-state index contributed by atoms with van der Waals surface area (Å²) in [6.45, 7) is 10.4. The van der Waals surface area contributed by atoms with Crippen LogP contribution in [0.1, 0.15) is 39.0 Å². The number of rotatable bonds is 4. The Morgan fingerprint density at radius 3 is 2.44 bits per heavy atom. The van der Waals surface area contributed by atoms with Gasteiger partial charge in [0.05, 0.1) is 0 Å². The van der Waals surface area contributed by atoms with Gasteiger partial charge in [-0.15, -0.1) is 0 Å². The fourth-order valence-corrected chi connectivity index (χ4v) is 1.55. The molecule has 0 bridgehead atoms. The van der Waals surface area contributed by atoms with Gasteiger partial charge in [-0.3, -0.25) is 0 Å². The third kappa shape index (κ3) is 3.49. The first-order chi connectivity index (χ1) is 7.47. The largest absolute Gasteiger partial charge is 0.370 e. The Bertz CT molecular complexity index is 315. The van der Waals surface area contributed by atoms with Crippen LogP contribution in [0.5, 0.6) is 0 Å². The first-order valence-electron chi connectivity index (χ1n) is 5.87. The smallest absolute Gasteiger partial charge is 0.126 e. The Labute approximate surface area is 98.7 Å². The van der Waals surface area contributed by atoms with E-state index in [4.69, 9.17) is 0 Å². The number of nitrogens with one attached hydrogen (secondary N) is 2. The Balaban J connectivity index is 3.08. The van der Waals surface area contributed by atoms with Crippen molar-refractivity contribution in [2.45, 2.75) is 39.7 Å². The molecule has 2 N–H and O–H groups in total. The minimum atomic E-state index is 0.0912. The topological polar surface area (TPSA) is 37.0 Å². The molecule has 3 heteroatoms. The van der Waals surface area contributed by atoms with Gasteiger partial charge in [0.2, 0.25) is 0 Å². The molecule has 0 spiro atoms. The Kier molecular flexibility index (Phi) is 4.30. The van der Waals surface area contributed by atoms with Crippen LogP contribution < -0.4 is 10.6 Å². The predicted octanol–water partition coefficient (Wildman–Crippen LogP) is 2.53. The standard InChI is InChI=1S/C13H23N3/c1-6-15-12-8-10(9-14-5)7-11(16-12)13(2,3)4/h7-8,14H,6,9H2,1-5H3,(H,15,16). The molecule has 0 saturated carbocycles. The molecule has 0 saturated heterocycles. The Morgan fingerprint density at radius 1 is 1.25 bits per heavy atom. The minimum Gasteiger partial charge on any atom is -0.370 e. The van der Waals surface area contributed by atoms with Crippen LogP contribution in [0, 0.1) is 0 Å². The quantitative estimate of drug-likeness (QED) is 0.820. The molecule has 1 aromatic heterocycles. The molecule has 3 nitrogen and oxygen atoms in total. The first kappa shape index (κ1) is 13.0. The van der Waals surface area contributed by atoms with Gasteiger partial charge < -0.3 is 10.6 Å². The molecule has 0 radical (unpaired) electrons. The van der Waals surface area contributed by atoms with Gasteiger partial charge in [-0.25, -0.2) is 4.98 Å². The van der Waals surface area contributed by atoms with Crippen molar-refractivity contribution in [3.8, 4) is 0 Å². The van der Waals surface area contributed by atoms with Crippen molar-refractivity contribution in [3.63, 3.8) is 0 Å². The average molecular weight is 221 g/mol. The highest BCUT2D eigenvalue weighted by Gasteiger charge is 2.16. The number of hydrogen-bond donors (Lipinski definition) is 2. The summed E-state index contributed by atoms with van der Waals surface area (Å²) in [6, 6.07) is 4.28. The summed E-state index contributed by atoms with van der Waals surface area (Å²) < 4.78 is 0. The molecule has 1 aromatic rings. The van der Waals surface area contributed by atoms with Crippen LogP contribution in [0.4, 0.5) is 5.82 Å². The van der Waals surface area contributed by atoms with Crippen molar-refractivity contribution < 1.29 is 0 Å². The summed E-state index contributed by atoms with van der Waals surface area (Å²) in [7, 11) is 1.96. The van der Waals surface area contributed by atoms with Crippen molar-refractivity contribution in [2.75, 3.05) is 18.9 Å². The number of aromatic nitrogens is 1. The summed E-state index contributed by atoms with van der Waals surface area (Å²) in [5.41, 5.74) is 2.50. The van der Waals surface area contributed by atoms with Gasteiger partial charge in [0.25, 0.3) is 0 Å². The first-order valence-corrected chi connectivity index (χ1v) is 5.87. The van der Waals surface area contributed by atoms with Crippen molar-refractivity contribution in [1.82, 2.24) is 10.3 Å². The molecule has 0 fully saturated rings. The summed E-state index contributed by atoms with van der Waals surface area (Å²) in [4.78, 5) is 4.64. The molecule has 0 unspecified atom stereocenters. The zero-order valence-corrected chi connectivity index (χ0v) is 11.0. The van der Waals surface area contributed by atoms with Crippen LogP contribution in [0.2, 0.25) is 0 Å². The molecule has 0 atom stereocenters. The van der Waals surface area contributed by atoms with Crippen LogP contribution in [0.3, 0.4) is 0 Å². The summed E-state index contributed by atoms with van der Waals surface area (Å²) >= 11 is 0. The second kappa shape index (κ2) is 5.30. The lowest BCUT2D eigenvalue weighted by atomic mass is 9.90. The van der Waals surface area contributed by atoms with Gasteiger partial charge in [-0.2, -0.15) is 0 Å². The summed E-state index contributed by atoms with van der Waals surface area (Å²) in [5, 5.41) is 6.46. The van der Waals surface area contributed by atoms with E-state index in [1.807, 2.05) is 7.05 Å². The molecule has 90 valence electrons. The normalized spacial score (nSPS) is 11.6. The molecule has 16 heavy (non-hydrogen) atoms. The monoisotopic (exact) mass is 221 g/mol. The van der Waals surface area contributed by atoms with Gasteiger partial charge in [0, 0.05) is 24.2 Å². The molecule has 1 rings (SSSR count).